The number of nitrogens with zero attached hydrogens (tertiary/aromatic N) is 3. The molecule has 7 nitrogen and oxygen atoms in total. The molecule has 0 amide bonds. The van der Waals surface area contributed by atoms with Crippen LogP contribution in [0.3, 0.4) is 0 Å². The molecule has 9 heteroatoms. The van der Waals surface area contributed by atoms with E-state index in [2.05, 4.69) is 9.71 Å². The van der Waals surface area contributed by atoms with Gasteiger partial charge in [0.1, 0.15) is 17.7 Å². The van der Waals surface area contributed by atoms with Gasteiger partial charge in [-0.05, 0) is 6.07 Å². The van der Waals surface area contributed by atoms with Crippen LogP contribution in [-0.4, -0.2) is 48.6 Å². The number of aryl methyl sites for hydroxylation is 1. The van der Waals surface area contributed by atoms with Gasteiger partial charge < -0.3 is 9.30 Å². The summed E-state index contributed by atoms with van der Waals surface area (Å²) in [6, 6.07) is 5.16. The van der Waals surface area contributed by atoms with E-state index in [9.17, 15) is 12.8 Å². The highest BCUT2D eigenvalue weighted by molar-refractivity contribution is 7.87. The lowest BCUT2D eigenvalue weighted by molar-refractivity contribution is 0.0723. The van der Waals surface area contributed by atoms with E-state index < -0.39 is 22.1 Å². The molecule has 2 heterocycles. The Labute approximate surface area is 140 Å². The van der Waals surface area contributed by atoms with Crippen molar-refractivity contribution in [2.75, 3.05) is 26.3 Å². The summed E-state index contributed by atoms with van der Waals surface area (Å²) in [7, 11) is -2.07. The Hall–Kier alpha value is -1.81. The van der Waals surface area contributed by atoms with Crippen LogP contribution in [0, 0.1) is 5.82 Å². The van der Waals surface area contributed by atoms with Gasteiger partial charge in [-0.25, -0.2) is 9.37 Å². The van der Waals surface area contributed by atoms with E-state index in [4.69, 9.17) is 4.74 Å². The quantitative estimate of drug-likeness (QED) is 0.862. The number of rotatable bonds is 5. The first kappa shape index (κ1) is 17.0. The Morgan fingerprint density at radius 3 is 2.62 bits per heavy atom. The van der Waals surface area contributed by atoms with Crippen LogP contribution in [0.25, 0.3) is 0 Å². The molecular formula is C15H19FN4O3S. The molecule has 2 aromatic rings. The van der Waals surface area contributed by atoms with Crippen molar-refractivity contribution >= 4 is 10.2 Å². The number of hydrogen-bond acceptors (Lipinski definition) is 4. The molecule has 1 aromatic carbocycles. The van der Waals surface area contributed by atoms with Crippen molar-refractivity contribution in [1.82, 2.24) is 18.6 Å². The van der Waals surface area contributed by atoms with Crippen molar-refractivity contribution in [3.8, 4) is 0 Å². The molecule has 1 aliphatic heterocycles. The van der Waals surface area contributed by atoms with Crippen molar-refractivity contribution < 1.29 is 17.5 Å². The van der Waals surface area contributed by atoms with E-state index in [1.54, 1.807) is 42.2 Å². The average Bonchev–Trinajstić information content (AvgIpc) is 3.00. The number of halogens is 1. The molecule has 1 fully saturated rings. The van der Waals surface area contributed by atoms with Gasteiger partial charge >= 0.3 is 0 Å². The molecule has 0 bridgehead atoms. The normalized spacial score (nSPS) is 17.8. The molecule has 24 heavy (non-hydrogen) atoms. The monoisotopic (exact) mass is 354 g/mol. The summed E-state index contributed by atoms with van der Waals surface area (Å²) >= 11 is 0. The molecule has 0 unspecified atom stereocenters. The zero-order chi connectivity index (χ0) is 17.2. The molecule has 1 N–H and O–H groups in total. The Balaban J connectivity index is 1.97. The van der Waals surface area contributed by atoms with E-state index in [-0.39, 0.29) is 18.7 Å². The molecule has 3 rings (SSSR count). The number of morpholine rings is 1. The maximum atomic E-state index is 14.3. The van der Waals surface area contributed by atoms with Gasteiger partial charge in [0.2, 0.25) is 0 Å². The second kappa shape index (κ2) is 6.98. The highest BCUT2D eigenvalue weighted by Gasteiger charge is 2.31. The highest BCUT2D eigenvalue weighted by atomic mass is 32.2. The van der Waals surface area contributed by atoms with Crippen LogP contribution in [0.4, 0.5) is 4.39 Å². The van der Waals surface area contributed by atoms with Gasteiger partial charge in [-0.3, -0.25) is 0 Å². The molecule has 0 aliphatic carbocycles. The molecule has 0 radical (unpaired) electrons. The van der Waals surface area contributed by atoms with E-state index in [0.29, 0.717) is 19.0 Å². The van der Waals surface area contributed by atoms with E-state index in [1.165, 1.54) is 10.4 Å². The van der Waals surface area contributed by atoms with E-state index in [1.807, 2.05) is 0 Å². The summed E-state index contributed by atoms with van der Waals surface area (Å²) in [5, 5.41) is 0. The van der Waals surface area contributed by atoms with E-state index >= 15 is 0 Å². The van der Waals surface area contributed by atoms with Crippen LogP contribution >= 0.6 is 0 Å². The average molecular weight is 354 g/mol. The van der Waals surface area contributed by atoms with Crippen LogP contribution in [0.5, 0.6) is 0 Å². The van der Waals surface area contributed by atoms with Crippen molar-refractivity contribution in [2.45, 2.75) is 6.04 Å². The van der Waals surface area contributed by atoms with Gasteiger partial charge in [0.05, 0.1) is 13.2 Å². The lowest BCUT2D eigenvalue weighted by atomic mass is 10.1. The molecule has 1 atom stereocenters. The summed E-state index contributed by atoms with van der Waals surface area (Å²) in [5.74, 6) is -0.0767. The highest BCUT2D eigenvalue weighted by Crippen LogP contribution is 2.24. The largest absolute Gasteiger partial charge is 0.379 e. The molecular weight excluding hydrogens is 335 g/mol. The SMILES string of the molecule is Cn1ccnc1[C@H](NS(=O)(=O)N1CCOCC1)c1ccccc1F. The summed E-state index contributed by atoms with van der Waals surface area (Å²) in [5.41, 5.74) is 0.226. The maximum Gasteiger partial charge on any atom is 0.280 e. The third-order valence-electron chi connectivity index (χ3n) is 3.91. The standard InChI is InChI=1S/C15H19FN4O3S/c1-19-7-6-17-15(19)14(12-4-2-3-5-13(12)16)18-24(21,22)20-8-10-23-11-9-20/h2-7,14,18H,8-11H2,1H3/t14-/m1/s1. The fourth-order valence-corrected chi connectivity index (χ4v) is 3.94. The molecule has 1 aromatic heterocycles. The van der Waals surface area contributed by atoms with Crippen LogP contribution in [-0.2, 0) is 22.0 Å². The van der Waals surface area contributed by atoms with Crippen molar-refractivity contribution in [3.63, 3.8) is 0 Å². The number of aromatic nitrogens is 2. The number of nitrogens with one attached hydrogen (secondary N) is 1. The minimum absolute atomic E-state index is 0.226. The second-order valence-electron chi connectivity index (χ2n) is 5.49. The number of ether oxygens (including phenoxy) is 1. The van der Waals surface area contributed by atoms with Gasteiger partial charge in [-0.2, -0.15) is 17.4 Å². The molecule has 130 valence electrons. The van der Waals surface area contributed by atoms with E-state index in [0.717, 1.165) is 0 Å². The molecule has 1 saturated heterocycles. The first-order valence-corrected chi connectivity index (χ1v) is 9.00. The zero-order valence-electron chi connectivity index (χ0n) is 13.2. The number of imidazole rings is 1. The number of hydrogen-bond donors (Lipinski definition) is 1. The summed E-state index contributed by atoms with van der Waals surface area (Å²) in [4.78, 5) is 4.19. The summed E-state index contributed by atoms with van der Waals surface area (Å²) in [6.07, 6.45) is 3.23. The predicted molar refractivity (Wildman–Crippen MR) is 85.9 cm³/mol. The zero-order valence-corrected chi connectivity index (χ0v) is 14.0. The predicted octanol–water partition coefficient (Wildman–Crippen LogP) is 0.815. The van der Waals surface area contributed by atoms with Gasteiger partial charge in [0, 0.05) is 38.1 Å². The van der Waals surface area contributed by atoms with Gasteiger partial charge in [-0.1, -0.05) is 18.2 Å². The van der Waals surface area contributed by atoms with Crippen LogP contribution in [0.2, 0.25) is 0 Å². The van der Waals surface area contributed by atoms with Gasteiger partial charge in [-0.15, -0.1) is 0 Å². The Morgan fingerprint density at radius 2 is 2.00 bits per heavy atom. The fourth-order valence-electron chi connectivity index (χ4n) is 2.63. The third-order valence-corrected chi connectivity index (χ3v) is 5.49. The Kier molecular flexibility index (Phi) is 4.95. The summed E-state index contributed by atoms with van der Waals surface area (Å²) in [6.45, 7) is 1.21. The topological polar surface area (TPSA) is 76.5 Å². The lowest BCUT2D eigenvalue weighted by Crippen LogP contribution is -2.48. The maximum absolute atomic E-state index is 14.3. The van der Waals surface area contributed by atoms with Crippen molar-refractivity contribution in [2.24, 2.45) is 7.05 Å². The lowest BCUT2D eigenvalue weighted by Gasteiger charge is -2.28. The third kappa shape index (κ3) is 3.48. The summed E-state index contributed by atoms with van der Waals surface area (Å²) < 4.78 is 50.4. The molecule has 1 aliphatic rings. The van der Waals surface area contributed by atoms with Crippen LogP contribution in [0.15, 0.2) is 36.7 Å². The minimum atomic E-state index is -3.81. The first-order valence-electron chi connectivity index (χ1n) is 7.56. The van der Waals surface area contributed by atoms with Crippen LogP contribution in [0.1, 0.15) is 17.4 Å². The first-order chi connectivity index (χ1) is 11.5. The molecule has 0 saturated carbocycles. The van der Waals surface area contributed by atoms with Crippen LogP contribution < -0.4 is 4.72 Å². The van der Waals surface area contributed by atoms with Crippen molar-refractivity contribution in [3.05, 3.63) is 53.9 Å². The fraction of sp³-hybridized carbons (Fsp3) is 0.400. The minimum Gasteiger partial charge on any atom is -0.379 e. The molecule has 0 spiro atoms. The Morgan fingerprint density at radius 1 is 1.29 bits per heavy atom. The second-order valence-corrected chi connectivity index (χ2v) is 7.19. The van der Waals surface area contributed by atoms with Gasteiger partial charge in [0.25, 0.3) is 10.2 Å². The van der Waals surface area contributed by atoms with Gasteiger partial charge in [0.15, 0.2) is 0 Å². The Bertz CT molecular complexity index is 803. The van der Waals surface area contributed by atoms with Crippen molar-refractivity contribution in [1.29, 1.82) is 0 Å². The smallest absolute Gasteiger partial charge is 0.280 e. The number of benzene rings is 1.